The summed E-state index contributed by atoms with van der Waals surface area (Å²) in [5.74, 6) is 0.0607. The molecule has 0 aliphatic rings. The molecule has 2 aromatic heterocycles. The number of hydrogen-bond acceptors (Lipinski definition) is 4. The number of benzene rings is 1. The fourth-order valence-corrected chi connectivity index (χ4v) is 2.30. The van der Waals surface area contributed by atoms with Gasteiger partial charge < -0.3 is 10.0 Å². The number of nitrogens with zero attached hydrogens (tertiary/aromatic N) is 4. The van der Waals surface area contributed by atoms with Gasteiger partial charge in [-0.2, -0.15) is 4.98 Å². The van der Waals surface area contributed by atoms with E-state index in [4.69, 9.17) is 5.11 Å². The third-order valence-electron chi connectivity index (χ3n) is 3.25. The van der Waals surface area contributed by atoms with Crippen molar-refractivity contribution in [2.45, 2.75) is 0 Å². The van der Waals surface area contributed by atoms with Crippen LogP contribution in [0.4, 0.5) is 16.4 Å². The van der Waals surface area contributed by atoms with Gasteiger partial charge in [0.25, 0.3) is 5.95 Å². The average Bonchev–Trinajstić information content (AvgIpc) is 2.87. The third kappa shape index (κ3) is 2.56. The van der Waals surface area contributed by atoms with Crippen LogP contribution in [0, 0.1) is 0 Å². The molecule has 22 heavy (non-hydrogen) atoms. The molecule has 0 aliphatic carbocycles. The van der Waals surface area contributed by atoms with Crippen molar-refractivity contribution in [3.8, 4) is 11.1 Å². The number of amides is 1. The van der Waals surface area contributed by atoms with Gasteiger partial charge in [-0.25, -0.2) is 9.31 Å². The van der Waals surface area contributed by atoms with Crippen LogP contribution in [-0.4, -0.2) is 39.9 Å². The maximum absolute atomic E-state index is 10.6. The highest BCUT2D eigenvalue weighted by Gasteiger charge is 2.10. The van der Waals surface area contributed by atoms with Crippen LogP contribution < -0.4 is 10.2 Å². The van der Waals surface area contributed by atoms with Gasteiger partial charge in [0.2, 0.25) is 0 Å². The summed E-state index contributed by atoms with van der Waals surface area (Å²) in [6.45, 7) is 0. The van der Waals surface area contributed by atoms with Gasteiger partial charge in [-0.3, -0.25) is 5.32 Å². The van der Waals surface area contributed by atoms with E-state index in [9.17, 15) is 4.79 Å². The Kier molecular flexibility index (Phi) is 3.38. The summed E-state index contributed by atoms with van der Waals surface area (Å²) in [4.78, 5) is 16.8. The molecular weight excluding hydrogens is 282 g/mol. The highest BCUT2D eigenvalue weighted by atomic mass is 16.4. The maximum Gasteiger partial charge on any atom is 0.411 e. The van der Waals surface area contributed by atoms with Crippen LogP contribution in [0.3, 0.4) is 0 Å². The minimum absolute atomic E-state index is 0.0607. The smallest absolute Gasteiger partial charge is 0.411 e. The summed E-state index contributed by atoms with van der Waals surface area (Å²) >= 11 is 0. The summed E-state index contributed by atoms with van der Waals surface area (Å²) in [5, 5.41) is 15.0. The van der Waals surface area contributed by atoms with Crippen LogP contribution in [-0.2, 0) is 0 Å². The molecule has 1 amide bonds. The normalized spacial score (nSPS) is 10.6. The van der Waals surface area contributed by atoms with Crippen molar-refractivity contribution in [3.05, 3.63) is 42.6 Å². The summed E-state index contributed by atoms with van der Waals surface area (Å²) in [5.41, 5.74) is 3.71. The topological polar surface area (TPSA) is 82.8 Å². The fourth-order valence-electron chi connectivity index (χ4n) is 2.30. The van der Waals surface area contributed by atoms with E-state index >= 15 is 0 Å². The zero-order valence-electron chi connectivity index (χ0n) is 12.2. The van der Waals surface area contributed by atoms with Gasteiger partial charge in [-0.05, 0) is 18.2 Å². The molecular formula is C15H15N5O2. The largest absolute Gasteiger partial charge is 0.465 e. The SMILES string of the molecule is CN(C)c1ccccc1-c1ccc2nc(NC(=O)O)nn2c1. The van der Waals surface area contributed by atoms with Gasteiger partial charge >= 0.3 is 6.09 Å². The molecule has 0 spiro atoms. The first kappa shape index (κ1) is 13.9. The molecule has 1 aromatic carbocycles. The number of hydrogen-bond donors (Lipinski definition) is 2. The van der Waals surface area contributed by atoms with E-state index in [2.05, 4.69) is 15.4 Å². The lowest BCUT2D eigenvalue weighted by atomic mass is 10.1. The molecule has 0 bridgehead atoms. The predicted molar refractivity (Wildman–Crippen MR) is 84.4 cm³/mol. The number of carbonyl (C=O) groups is 1. The molecule has 0 radical (unpaired) electrons. The lowest BCUT2D eigenvalue weighted by molar-refractivity contribution is 0.209. The molecule has 0 saturated carbocycles. The maximum atomic E-state index is 10.6. The van der Waals surface area contributed by atoms with Crippen molar-refractivity contribution in [1.82, 2.24) is 14.6 Å². The minimum atomic E-state index is -1.19. The molecule has 0 atom stereocenters. The van der Waals surface area contributed by atoms with E-state index < -0.39 is 6.09 Å². The number of carboxylic acid groups (broad SMARTS) is 1. The Morgan fingerprint density at radius 1 is 1.23 bits per heavy atom. The molecule has 3 rings (SSSR count). The van der Waals surface area contributed by atoms with Crippen molar-refractivity contribution < 1.29 is 9.90 Å². The Balaban J connectivity index is 2.07. The monoisotopic (exact) mass is 297 g/mol. The van der Waals surface area contributed by atoms with Crippen molar-refractivity contribution in [1.29, 1.82) is 0 Å². The van der Waals surface area contributed by atoms with Crippen molar-refractivity contribution in [3.63, 3.8) is 0 Å². The second kappa shape index (κ2) is 5.36. The zero-order valence-corrected chi connectivity index (χ0v) is 12.2. The van der Waals surface area contributed by atoms with Gasteiger partial charge in [-0.15, -0.1) is 5.10 Å². The quantitative estimate of drug-likeness (QED) is 0.776. The first-order chi connectivity index (χ1) is 10.5. The minimum Gasteiger partial charge on any atom is -0.465 e. The van der Waals surface area contributed by atoms with Crippen molar-refractivity contribution in [2.24, 2.45) is 0 Å². The number of anilines is 2. The summed E-state index contributed by atoms with van der Waals surface area (Å²) in [7, 11) is 3.98. The van der Waals surface area contributed by atoms with Crippen LogP contribution in [0.2, 0.25) is 0 Å². The third-order valence-corrected chi connectivity index (χ3v) is 3.25. The number of nitrogens with one attached hydrogen (secondary N) is 1. The molecule has 7 heteroatoms. The average molecular weight is 297 g/mol. The number of aromatic nitrogens is 3. The van der Waals surface area contributed by atoms with Crippen LogP contribution in [0.25, 0.3) is 16.8 Å². The van der Waals surface area contributed by atoms with E-state index in [1.165, 1.54) is 0 Å². The van der Waals surface area contributed by atoms with E-state index in [-0.39, 0.29) is 5.95 Å². The molecule has 0 fully saturated rings. The number of para-hydroxylation sites is 1. The molecule has 3 aromatic rings. The van der Waals surface area contributed by atoms with Crippen molar-refractivity contribution in [2.75, 3.05) is 24.3 Å². The van der Waals surface area contributed by atoms with Crippen LogP contribution in [0.5, 0.6) is 0 Å². The number of rotatable bonds is 3. The van der Waals surface area contributed by atoms with E-state index in [0.717, 1.165) is 16.8 Å². The van der Waals surface area contributed by atoms with Gasteiger partial charge in [0.05, 0.1) is 0 Å². The Labute approximate surface area is 126 Å². The summed E-state index contributed by atoms with van der Waals surface area (Å²) < 4.78 is 1.56. The highest BCUT2D eigenvalue weighted by molar-refractivity contribution is 5.81. The molecule has 0 unspecified atom stereocenters. The zero-order chi connectivity index (χ0) is 15.7. The Bertz CT molecular complexity index is 841. The number of pyridine rings is 1. The molecule has 7 nitrogen and oxygen atoms in total. The van der Waals surface area contributed by atoms with Gasteiger partial charge in [0.1, 0.15) is 0 Å². The van der Waals surface area contributed by atoms with Gasteiger partial charge in [0, 0.05) is 37.1 Å². The lowest BCUT2D eigenvalue weighted by Gasteiger charge is -2.17. The molecule has 2 heterocycles. The Morgan fingerprint density at radius 2 is 2.00 bits per heavy atom. The molecule has 0 aliphatic heterocycles. The van der Waals surface area contributed by atoms with Gasteiger partial charge in [-0.1, -0.05) is 18.2 Å². The summed E-state index contributed by atoms with van der Waals surface area (Å²) in [6.07, 6.45) is 0.645. The highest BCUT2D eigenvalue weighted by Crippen LogP contribution is 2.29. The molecule has 0 saturated heterocycles. The lowest BCUT2D eigenvalue weighted by Crippen LogP contribution is -2.09. The first-order valence-electron chi connectivity index (χ1n) is 6.68. The Hall–Kier alpha value is -3.09. The second-order valence-corrected chi connectivity index (χ2v) is 5.00. The predicted octanol–water partition coefficient (Wildman–Crippen LogP) is 2.55. The van der Waals surface area contributed by atoms with E-state index in [1.807, 2.05) is 61.6 Å². The van der Waals surface area contributed by atoms with Crippen LogP contribution in [0.1, 0.15) is 0 Å². The van der Waals surface area contributed by atoms with Gasteiger partial charge in [0.15, 0.2) is 5.65 Å². The second-order valence-electron chi connectivity index (χ2n) is 5.00. The number of fused-ring (bicyclic) bond motifs is 1. The first-order valence-corrected chi connectivity index (χ1v) is 6.68. The van der Waals surface area contributed by atoms with Crippen LogP contribution >= 0.6 is 0 Å². The standard InChI is InChI=1S/C15H15N5O2/c1-19(2)12-6-4-3-5-11(12)10-7-8-13-16-14(17-15(21)22)18-20(13)9-10/h3-9H,1-2H3,(H,17,18)(H,21,22). The summed E-state index contributed by atoms with van der Waals surface area (Å²) in [6, 6.07) is 11.8. The molecule has 112 valence electrons. The van der Waals surface area contributed by atoms with E-state index in [1.54, 1.807) is 4.52 Å². The van der Waals surface area contributed by atoms with E-state index in [0.29, 0.717) is 5.65 Å². The molecule has 2 N–H and O–H groups in total. The fraction of sp³-hybridized carbons (Fsp3) is 0.133. The van der Waals surface area contributed by atoms with Crippen LogP contribution in [0.15, 0.2) is 42.6 Å². The van der Waals surface area contributed by atoms with Crippen molar-refractivity contribution >= 4 is 23.4 Å². The Morgan fingerprint density at radius 3 is 2.73 bits per heavy atom.